The Labute approximate surface area is 111 Å². The lowest BCUT2D eigenvalue weighted by Crippen LogP contribution is -2.47. The third-order valence-electron chi connectivity index (χ3n) is 1.92. The van der Waals surface area contributed by atoms with Gasteiger partial charge in [0.1, 0.15) is 13.2 Å². The molecule has 0 aromatic carbocycles. The minimum absolute atomic E-state index is 0.232. The Hall–Kier alpha value is -1.67. The van der Waals surface area contributed by atoms with Crippen molar-refractivity contribution >= 4 is 17.9 Å². The molecule has 0 atom stereocenters. The molecule has 19 heavy (non-hydrogen) atoms. The Bertz CT molecular complexity index is 329. The first-order valence-corrected chi connectivity index (χ1v) is 5.78. The molecule has 0 spiro atoms. The lowest BCUT2D eigenvalue weighted by Gasteiger charge is -2.24. The van der Waals surface area contributed by atoms with Crippen molar-refractivity contribution < 1.29 is 29.0 Å². The Morgan fingerprint density at radius 3 is 2.37 bits per heavy atom. The molecule has 8 heteroatoms. The molecule has 0 saturated carbocycles. The fraction of sp³-hybridized carbons (Fsp3) is 0.727. The smallest absolute Gasteiger partial charge is 0.329 e. The van der Waals surface area contributed by atoms with E-state index >= 15 is 0 Å². The minimum atomic E-state index is -1.18. The van der Waals surface area contributed by atoms with Crippen LogP contribution in [0.3, 0.4) is 0 Å². The van der Waals surface area contributed by atoms with Gasteiger partial charge in [-0.05, 0) is 20.8 Å². The van der Waals surface area contributed by atoms with Crippen LogP contribution in [0.15, 0.2) is 0 Å². The molecule has 0 rings (SSSR count). The predicted molar refractivity (Wildman–Crippen MR) is 65.7 cm³/mol. The van der Waals surface area contributed by atoms with E-state index in [2.05, 4.69) is 10.1 Å². The van der Waals surface area contributed by atoms with Gasteiger partial charge in [0.05, 0.1) is 5.60 Å². The Balaban J connectivity index is 3.85. The van der Waals surface area contributed by atoms with Crippen molar-refractivity contribution in [1.29, 1.82) is 0 Å². The molecule has 0 aliphatic heterocycles. The number of aliphatic carboxylic acids is 1. The van der Waals surface area contributed by atoms with Crippen molar-refractivity contribution in [2.45, 2.75) is 26.4 Å². The maximum atomic E-state index is 11.3. The second kappa shape index (κ2) is 8.44. The summed E-state index contributed by atoms with van der Waals surface area (Å²) < 4.78 is 9.88. The maximum Gasteiger partial charge on any atom is 0.329 e. The molecule has 0 bridgehead atoms. The molecule has 0 fully saturated rings. The molecule has 8 nitrogen and oxygen atoms in total. The van der Waals surface area contributed by atoms with Gasteiger partial charge in [0.2, 0.25) is 0 Å². The molecule has 0 aromatic heterocycles. The van der Waals surface area contributed by atoms with Gasteiger partial charge in [0, 0.05) is 13.2 Å². The van der Waals surface area contributed by atoms with Crippen molar-refractivity contribution in [3.63, 3.8) is 0 Å². The van der Waals surface area contributed by atoms with E-state index in [9.17, 15) is 14.4 Å². The van der Waals surface area contributed by atoms with E-state index in [1.165, 1.54) is 0 Å². The summed E-state index contributed by atoms with van der Waals surface area (Å²) in [6.07, 6.45) is 0. The molecule has 3 amide bonds. The summed E-state index contributed by atoms with van der Waals surface area (Å²) in [7, 11) is 0. The van der Waals surface area contributed by atoms with E-state index in [0.717, 1.165) is 0 Å². The molecule has 0 heterocycles. The van der Waals surface area contributed by atoms with Gasteiger partial charge in [-0.15, -0.1) is 0 Å². The quantitative estimate of drug-likeness (QED) is 0.562. The van der Waals surface area contributed by atoms with Gasteiger partial charge in [0.25, 0.3) is 5.91 Å². The van der Waals surface area contributed by atoms with E-state index in [1.807, 2.05) is 12.2 Å². The van der Waals surface area contributed by atoms with Crippen LogP contribution in [0.1, 0.15) is 20.8 Å². The van der Waals surface area contributed by atoms with Gasteiger partial charge >= 0.3 is 12.0 Å². The summed E-state index contributed by atoms with van der Waals surface area (Å²) in [5.74, 6) is -1.90. The van der Waals surface area contributed by atoms with Crippen LogP contribution in [0.2, 0.25) is 0 Å². The van der Waals surface area contributed by atoms with Crippen molar-refractivity contribution in [3.8, 4) is 0 Å². The van der Waals surface area contributed by atoms with Crippen LogP contribution in [0.5, 0.6) is 0 Å². The second-order valence-corrected chi connectivity index (χ2v) is 4.31. The van der Waals surface area contributed by atoms with Crippen molar-refractivity contribution in [2.24, 2.45) is 0 Å². The van der Waals surface area contributed by atoms with Crippen LogP contribution in [0.25, 0.3) is 0 Å². The summed E-state index contributed by atoms with van der Waals surface area (Å²) in [6, 6.07) is -0.684. The van der Waals surface area contributed by atoms with Crippen molar-refractivity contribution in [3.05, 3.63) is 0 Å². The van der Waals surface area contributed by atoms with E-state index in [0.29, 0.717) is 6.61 Å². The maximum absolute atomic E-state index is 11.3. The number of hydrogen-bond donors (Lipinski definition) is 3. The predicted octanol–water partition coefficient (Wildman–Crippen LogP) is -0.271. The van der Waals surface area contributed by atoms with Crippen LogP contribution in [0, 0.1) is 0 Å². The SMILES string of the molecule is CCOC(C)(C)CNC(=O)NC(=O)COCC(=O)O. The zero-order valence-electron chi connectivity index (χ0n) is 11.3. The average Bonchev–Trinajstić information content (AvgIpc) is 2.26. The standard InChI is InChI=1S/C11H20N2O6/c1-4-19-11(2,3)7-12-10(17)13-8(14)5-18-6-9(15)16/h4-7H2,1-3H3,(H,15,16)(H2,12,13,14,17). The molecular formula is C11H20N2O6. The highest BCUT2D eigenvalue weighted by molar-refractivity contribution is 5.94. The number of amides is 3. The van der Waals surface area contributed by atoms with Gasteiger partial charge < -0.3 is 19.9 Å². The number of nitrogens with one attached hydrogen (secondary N) is 2. The number of ether oxygens (including phenoxy) is 2. The van der Waals surface area contributed by atoms with Gasteiger partial charge in [0.15, 0.2) is 0 Å². The third-order valence-corrected chi connectivity index (χ3v) is 1.92. The summed E-state index contributed by atoms with van der Waals surface area (Å²) in [6.45, 7) is 5.10. The number of carboxylic acid groups (broad SMARTS) is 1. The van der Waals surface area contributed by atoms with E-state index in [-0.39, 0.29) is 6.54 Å². The number of imide groups is 1. The fourth-order valence-corrected chi connectivity index (χ4v) is 1.17. The van der Waals surface area contributed by atoms with Crippen LogP contribution in [-0.4, -0.2) is 55.0 Å². The number of carbonyl (C=O) groups is 3. The van der Waals surface area contributed by atoms with Crippen LogP contribution in [-0.2, 0) is 19.1 Å². The number of hydrogen-bond acceptors (Lipinski definition) is 5. The first kappa shape index (κ1) is 17.3. The van der Waals surface area contributed by atoms with E-state index < -0.39 is 36.7 Å². The monoisotopic (exact) mass is 276 g/mol. The molecule has 0 aromatic rings. The molecular weight excluding hydrogens is 256 g/mol. The van der Waals surface area contributed by atoms with Gasteiger partial charge in [-0.25, -0.2) is 9.59 Å². The Morgan fingerprint density at radius 2 is 1.84 bits per heavy atom. The number of carbonyl (C=O) groups excluding carboxylic acids is 2. The normalized spacial score (nSPS) is 10.9. The van der Waals surface area contributed by atoms with Crippen molar-refractivity contribution in [2.75, 3.05) is 26.4 Å². The van der Waals surface area contributed by atoms with Crippen LogP contribution < -0.4 is 10.6 Å². The van der Waals surface area contributed by atoms with Gasteiger partial charge in [-0.1, -0.05) is 0 Å². The Morgan fingerprint density at radius 1 is 1.21 bits per heavy atom. The van der Waals surface area contributed by atoms with Gasteiger partial charge in [-0.3, -0.25) is 10.1 Å². The van der Waals surface area contributed by atoms with E-state index in [4.69, 9.17) is 9.84 Å². The highest BCUT2D eigenvalue weighted by atomic mass is 16.5. The number of urea groups is 1. The van der Waals surface area contributed by atoms with Crippen LogP contribution in [0.4, 0.5) is 4.79 Å². The summed E-state index contributed by atoms with van der Waals surface area (Å²) in [5, 5.41) is 12.8. The fourth-order valence-electron chi connectivity index (χ4n) is 1.17. The molecule has 110 valence electrons. The minimum Gasteiger partial charge on any atom is -0.480 e. The first-order chi connectivity index (χ1) is 8.76. The zero-order chi connectivity index (χ0) is 14.9. The average molecular weight is 276 g/mol. The molecule has 0 unspecified atom stereocenters. The van der Waals surface area contributed by atoms with E-state index in [1.54, 1.807) is 13.8 Å². The second-order valence-electron chi connectivity index (χ2n) is 4.31. The summed E-state index contributed by atoms with van der Waals surface area (Å²) in [4.78, 5) is 32.6. The lowest BCUT2D eigenvalue weighted by molar-refractivity contribution is -0.143. The largest absolute Gasteiger partial charge is 0.480 e. The zero-order valence-corrected chi connectivity index (χ0v) is 11.3. The van der Waals surface area contributed by atoms with Gasteiger partial charge in [-0.2, -0.15) is 0 Å². The lowest BCUT2D eigenvalue weighted by atomic mass is 10.1. The topological polar surface area (TPSA) is 114 Å². The molecule has 0 saturated heterocycles. The molecule has 0 aliphatic carbocycles. The highest BCUT2D eigenvalue weighted by Crippen LogP contribution is 2.06. The highest BCUT2D eigenvalue weighted by Gasteiger charge is 2.19. The summed E-state index contributed by atoms with van der Waals surface area (Å²) >= 11 is 0. The molecule has 3 N–H and O–H groups in total. The third kappa shape index (κ3) is 9.98. The summed E-state index contributed by atoms with van der Waals surface area (Å²) in [5.41, 5.74) is -0.533. The Kier molecular flexibility index (Phi) is 7.69. The molecule has 0 radical (unpaired) electrons. The van der Waals surface area contributed by atoms with Crippen LogP contribution >= 0.6 is 0 Å². The first-order valence-electron chi connectivity index (χ1n) is 5.78. The van der Waals surface area contributed by atoms with Crippen molar-refractivity contribution in [1.82, 2.24) is 10.6 Å². The number of rotatable bonds is 8. The number of carboxylic acids is 1. The molecule has 0 aliphatic rings.